The van der Waals surface area contributed by atoms with Gasteiger partial charge in [-0.05, 0) is 24.7 Å². The van der Waals surface area contributed by atoms with Crippen LogP contribution in [-0.2, 0) is 4.79 Å². The first-order chi connectivity index (χ1) is 6.65. The monoisotopic (exact) mass is 196 g/mol. The number of hydrogen-bond acceptors (Lipinski definition) is 2. The van der Waals surface area contributed by atoms with Gasteiger partial charge in [0.2, 0.25) is 5.91 Å². The summed E-state index contributed by atoms with van der Waals surface area (Å²) in [5.74, 6) is -1.13. The smallest absolute Gasteiger partial charge is 0.226 e. The molecular formula is C10H13FN2O. The van der Waals surface area contributed by atoms with Crippen LogP contribution < -0.4 is 11.1 Å². The maximum Gasteiger partial charge on any atom is 0.226 e. The Hall–Kier alpha value is -1.42. The highest BCUT2D eigenvalue weighted by atomic mass is 19.1. The Bertz CT molecular complexity index is 310. The van der Waals surface area contributed by atoms with Crippen LogP contribution in [0, 0.1) is 5.82 Å². The summed E-state index contributed by atoms with van der Waals surface area (Å²) in [6, 6.07) is 5.78. The van der Waals surface area contributed by atoms with Gasteiger partial charge in [0.05, 0.1) is 5.92 Å². The lowest BCUT2D eigenvalue weighted by Gasteiger charge is -2.12. The first-order valence-corrected chi connectivity index (χ1v) is 4.34. The summed E-state index contributed by atoms with van der Waals surface area (Å²) in [4.78, 5) is 11.1. The average molecular weight is 196 g/mol. The van der Waals surface area contributed by atoms with E-state index in [2.05, 4.69) is 5.32 Å². The molecule has 0 bridgehead atoms. The first kappa shape index (κ1) is 10.7. The molecule has 0 saturated carbocycles. The molecule has 14 heavy (non-hydrogen) atoms. The number of benzene rings is 1. The number of rotatable bonds is 4. The van der Waals surface area contributed by atoms with E-state index in [0.717, 1.165) is 5.56 Å². The van der Waals surface area contributed by atoms with E-state index in [1.807, 2.05) is 0 Å². The molecule has 1 aromatic carbocycles. The third-order valence-electron chi connectivity index (χ3n) is 2.02. The number of hydrogen-bond donors (Lipinski definition) is 2. The van der Waals surface area contributed by atoms with Crippen molar-refractivity contribution in [2.75, 3.05) is 13.6 Å². The molecule has 3 N–H and O–H groups in total. The number of primary amides is 1. The van der Waals surface area contributed by atoms with Crippen molar-refractivity contribution < 1.29 is 9.18 Å². The standard InChI is InChI=1S/C10H13FN2O/c1-13-6-9(10(12)14)7-2-4-8(11)5-3-7/h2-5,9,13H,6H2,1H3,(H2,12,14). The molecule has 1 amide bonds. The predicted octanol–water partition coefficient (Wildman–Crippen LogP) is 0.614. The maximum atomic E-state index is 12.6. The van der Waals surface area contributed by atoms with Crippen molar-refractivity contribution in [3.05, 3.63) is 35.6 Å². The Morgan fingerprint density at radius 2 is 2.07 bits per heavy atom. The Morgan fingerprint density at radius 1 is 1.50 bits per heavy atom. The molecule has 1 atom stereocenters. The summed E-state index contributed by atoms with van der Waals surface area (Å²) in [6.07, 6.45) is 0. The van der Waals surface area contributed by atoms with E-state index in [-0.39, 0.29) is 5.82 Å². The van der Waals surface area contributed by atoms with Crippen molar-refractivity contribution in [3.63, 3.8) is 0 Å². The SMILES string of the molecule is CNCC(C(N)=O)c1ccc(F)cc1. The van der Waals surface area contributed by atoms with E-state index in [0.29, 0.717) is 6.54 Å². The quantitative estimate of drug-likeness (QED) is 0.741. The van der Waals surface area contributed by atoms with E-state index < -0.39 is 11.8 Å². The van der Waals surface area contributed by atoms with Crippen LogP contribution in [-0.4, -0.2) is 19.5 Å². The maximum absolute atomic E-state index is 12.6. The summed E-state index contributed by atoms with van der Waals surface area (Å²) in [7, 11) is 1.74. The largest absolute Gasteiger partial charge is 0.369 e. The normalized spacial score (nSPS) is 12.4. The van der Waals surface area contributed by atoms with Crippen LogP contribution in [0.25, 0.3) is 0 Å². The Labute approximate surface area is 82.1 Å². The number of halogens is 1. The molecule has 0 aromatic heterocycles. The number of nitrogens with two attached hydrogens (primary N) is 1. The minimum absolute atomic E-state index is 0.318. The third-order valence-corrected chi connectivity index (χ3v) is 2.02. The van der Waals surface area contributed by atoms with Crippen LogP contribution in [0.5, 0.6) is 0 Å². The molecule has 0 fully saturated rings. The molecule has 1 rings (SSSR count). The number of nitrogens with one attached hydrogen (secondary N) is 1. The van der Waals surface area contributed by atoms with Crippen molar-refractivity contribution in [3.8, 4) is 0 Å². The molecule has 0 saturated heterocycles. The molecule has 1 unspecified atom stereocenters. The lowest BCUT2D eigenvalue weighted by atomic mass is 9.98. The summed E-state index contributed by atoms with van der Waals surface area (Å²) >= 11 is 0. The van der Waals surface area contributed by atoms with Crippen LogP contribution >= 0.6 is 0 Å². The number of amides is 1. The second-order valence-electron chi connectivity index (χ2n) is 3.06. The Balaban J connectivity index is 2.87. The lowest BCUT2D eigenvalue weighted by Crippen LogP contribution is -2.29. The van der Waals surface area contributed by atoms with E-state index >= 15 is 0 Å². The van der Waals surface area contributed by atoms with Gasteiger partial charge in [-0.2, -0.15) is 0 Å². The highest BCUT2D eigenvalue weighted by Gasteiger charge is 2.16. The van der Waals surface area contributed by atoms with Crippen molar-refractivity contribution >= 4 is 5.91 Å². The van der Waals surface area contributed by atoms with Gasteiger partial charge in [0.1, 0.15) is 5.82 Å². The van der Waals surface area contributed by atoms with Crippen LogP contribution in [0.15, 0.2) is 24.3 Å². The molecule has 0 heterocycles. The summed E-state index contributed by atoms with van der Waals surface area (Å²) < 4.78 is 12.6. The molecule has 3 nitrogen and oxygen atoms in total. The van der Waals surface area contributed by atoms with Gasteiger partial charge in [-0.3, -0.25) is 4.79 Å². The molecule has 0 aliphatic rings. The van der Waals surface area contributed by atoms with Gasteiger partial charge < -0.3 is 11.1 Å². The average Bonchev–Trinajstić information content (AvgIpc) is 2.15. The highest BCUT2D eigenvalue weighted by molar-refractivity contribution is 5.82. The molecule has 1 aromatic rings. The summed E-state index contributed by atoms with van der Waals surface area (Å²) in [5, 5.41) is 2.87. The molecule has 76 valence electrons. The van der Waals surface area contributed by atoms with E-state index in [9.17, 15) is 9.18 Å². The number of carbonyl (C=O) groups excluding carboxylic acids is 1. The zero-order chi connectivity index (χ0) is 10.6. The molecule has 0 aliphatic heterocycles. The molecule has 0 radical (unpaired) electrons. The number of likely N-dealkylation sites (N-methyl/N-ethyl adjacent to an activating group) is 1. The van der Waals surface area contributed by atoms with Gasteiger partial charge in [0.15, 0.2) is 0 Å². The van der Waals surface area contributed by atoms with Crippen molar-refractivity contribution in [1.82, 2.24) is 5.32 Å². The van der Waals surface area contributed by atoms with Crippen molar-refractivity contribution in [2.45, 2.75) is 5.92 Å². The van der Waals surface area contributed by atoms with Crippen molar-refractivity contribution in [2.24, 2.45) is 5.73 Å². The van der Waals surface area contributed by atoms with Crippen molar-refractivity contribution in [1.29, 1.82) is 0 Å². The molecule has 0 spiro atoms. The zero-order valence-corrected chi connectivity index (χ0v) is 7.96. The van der Waals surface area contributed by atoms with E-state index in [4.69, 9.17) is 5.73 Å². The second kappa shape index (κ2) is 4.72. The topological polar surface area (TPSA) is 55.1 Å². The predicted molar refractivity (Wildman–Crippen MR) is 52.3 cm³/mol. The van der Waals surface area contributed by atoms with Crippen LogP contribution in [0.4, 0.5) is 4.39 Å². The van der Waals surface area contributed by atoms with E-state index in [1.165, 1.54) is 12.1 Å². The van der Waals surface area contributed by atoms with Gasteiger partial charge in [0.25, 0.3) is 0 Å². The third kappa shape index (κ3) is 2.53. The highest BCUT2D eigenvalue weighted by Crippen LogP contribution is 2.14. The van der Waals surface area contributed by atoms with Crippen LogP contribution in [0.2, 0.25) is 0 Å². The molecule has 0 aliphatic carbocycles. The van der Waals surface area contributed by atoms with Crippen LogP contribution in [0.1, 0.15) is 11.5 Å². The second-order valence-corrected chi connectivity index (χ2v) is 3.06. The van der Waals surface area contributed by atoms with E-state index in [1.54, 1.807) is 19.2 Å². The van der Waals surface area contributed by atoms with Gasteiger partial charge in [-0.15, -0.1) is 0 Å². The first-order valence-electron chi connectivity index (χ1n) is 4.34. The van der Waals surface area contributed by atoms with Gasteiger partial charge >= 0.3 is 0 Å². The summed E-state index contributed by atoms with van der Waals surface area (Å²) in [6.45, 7) is 0.459. The molecular weight excluding hydrogens is 183 g/mol. The fourth-order valence-electron chi connectivity index (χ4n) is 1.28. The minimum Gasteiger partial charge on any atom is -0.369 e. The minimum atomic E-state index is -0.411. The Morgan fingerprint density at radius 3 is 2.50 bits per heavy atom. The number of carbonyl (C=O) groups is 1. The van der Waals surface area contributed by atoms with Gasteiger partial charge in [-0.25, -0.2) is 4.39 Å². The zero-order valence-electron chi connectivity index (χ0n) is 7.96. The lowest BCUT2D eigenvalue weighted by molar-refractivity contribution is -0.119. The summed E-state index contributed by atoms with van der Waals surface area (Å²) in [5.41, 5.74) is 5.95. The molecule has 4 heteroatoms. The fourth-order valence-corrected chi connectivity index (χ4v) is 1.28. The van der Waals surface area contributed by atoms with Gasteiger partial charge in [0, 0.05) is 6.54 Å². The Kier molecular flexibility index (Phi) is 3.59. The fraction of sp³-hybridized carbons (Fsp3) is 0.300. The van der Waals surface area contributed by atoms with Gasteiger partial charge in [-0.1, -0.05) is 12.1 Å². The van der Waals surface area contributed by atoms with Crippen LogP contribution in [0.3, 0.4) is 0 Å².